The van der Waals surface area contributed by atoms with Crippen LogP contribution in [0.5, 0.6) is 0 Å². The molecule has 1 aromatic carbocycles. The van der Waals surface area contributed by atoms with Gasteiger partial charge in [0.15, 0.2) is 5.65 Å². The summed E-state index contributed by atoms with van der Waals surface area (Å²) in [7, 11) is 0. The van der Waals surface area contributed by atoms with Crippen LogP contribution in [-0.4, -0.2) is 43.8 Å². The highest BCUT2D eigenvalue weighted by Gasteiger charge is 2.38. The van der Waals surface area contributed by atoms with Crippen molar-refractivity contribution in [3.63, 3.8) is 0 Å². The van der Waals surface area contributed by atoms with E-state index < -0.39 is 12.0 Å². The molecule has 2 atom stereocenters. The van der Waals surface area contributed by atoms with Gasteiger partial charge in [-0.15, -0.1) is 15.3 Å². The molecular formula is C18H19F3N6. The molecule has 142 valence electrons. The van der Waals surface area contributed by atoms with Gasteiger partial charge in [0, 0.05) is 25.7 Å². The van der Waals surface area contributed by atoms with Crippen LogP contribution >= 0.6 is 0 Å². The molecule has 2 aromatic heterocycles. The van der Waals surface area contributed by atoms with E-state index in [-0.39, 0.29) is 11.7 Å². The second-order valence-corrected chi connectivity index (χ2v) is 6.92. The summed E-state index contributed by atoms with van der Waals surface area (Å²) in [5.74, 6) is -0.397. The van der Waals surface area contributed by atoms with Crippen molar-refractivity contribution >= 4 is 11.5 Å². The molecule has 6 nitrogen and oxygen atoms in total. The summed E-state index contributed by atoms with van der Waals surface area (Å²) in [6, 6.07) is 13.4. The Morgan fingerprint density at radius 2 is 1.85 bits per heavy atom. The number of hydrogen-bond donors (Lipinski definition) is 1. The highest BCUT2D eigenvalue weighted by atomic mass is 19.4. The van der Waals surface area contributed by atoms with E-state index in [4.69, 9.17) is 0 Å². The van der Waals surface area contributed by atoms with Crippen molar-refractivity contribution < 1.29 is 13.2 Å². The van der Waals surface area contributed by atoms with Crippen LogP contribution < -0.4 is 5.32 Å². The molecule has 0 radical (unpaired) electrons. The molecule has 0 saturated carbocycles. The molecule has 0 spiro atoms. The molecule has 1 saturated heterocycles. The maximum Gasteiger partial charge on any atom is 0.453 e. The Bertz CT molecular complexity index is 924. The van der Waals surface area contributed by atoms with Crippen molar-refractivity contribution in [2.75, 3.05) is 18.4 Å². The molecule has 2 unspecified atom stereocenters. The number of aromatic nitrogens is 4. The Labute approximate surface area is 154 Å². The van der Waals surface area contributed by atoms with Crippen LogP contribution in [0.15, 0.2) is 42.5 Å². The predicted molar refractivity (Wildman–Crippen MR) is 94.1 cm³/mol. The zero-order chi connectivity index (χ0) is 19.0. The molecule has 1 N–H and O–H groups in total. The van der Waals surface area contributed by atoms with Crippen LogP contribution in [0.2, 0.25) is 0 Å². The Morgan fingerprint density at radius 3 is 2.59 bits per heavy atom. The Kier molecular flexibility index (Phi) is 4.47. The zero-order valence-electron chi connectivity index (χ0n) is 14.7. The first-order chi connectivity index (χ1) is 12.9. The normalized spacial score (nSPS) is 21.0. The van der Waals surface area contributed by atoms with Crippen molar-refractivity contribution in [3.05, 3.63) is 53.9 Å². The third kappa shape index (κ3) is 3.73. The van der Waals surface area contributed by atoms with Gasteiger partial charge in [0.2, 0.25) is 0 Å². The third-order valence-corrected chi connectivity index (χ3v) is 4.79. The van der Waals surface area contributed by atoms with E-state index in [1.54, 1.807) is 6.07 Å². The molecule has 9 heteroatoms. The smallest absolute Gasteiger partial charge is 0.364 e. The first-order valence-corrected chi connectivity index (χ1v) is 8.72. The van der Waals surface area contributed by atoms with Crippen molar-refractivity contribution in [2.24, 2.45) is 5.92 Å². The topological polar surface area (TPSA) is 58.3 Å². The highest BCUT2D eigenvalue weighted by Crippen LogP contribution is 2.28. The van der Waals surface area contributed by atoms with E-state index >= 15 is 0 Å². The van der Waals surface area contributed by atoms with Crippen LogP contribution in [0.3, 0.4) is 0 Å². The number of halogens is 3. The van der Waals surface area contributed by atoms with Gasteiger partial charge in [-0.05, 0) is 23.6 Å². The Balaban J connectivity index is 1.48. The number of hydrogen-bond acceptors (Lipinski definition) is 5. The number of benzene rings is 1. The number of nitrogens with one attached hydrogen (secondary N) is 1. The minimum atomic E-state index is -4.60. The molecule has 3 aromatic rings. The molecule has 0 aliphatic carbocycles. The van der Waals surface area contributed by atoms with Crippen LogP contribution in [0, 0.1) is 5.92 Å². The van der Waals surface area contributed by atoms with E-state index in [0.717, 1.165) is 24.1 Å². The summed E-state index contributed by atoms with van der Waals surface area (Å²) in [5.41, 5.74) is 1.31. The Hall–Kier alpha value is -2.68. The lowest BCUT2D eigenvalue weighted by Crippen LogP contribution is -2.28. The third-order valence-electron chi connectivity index (χ3n) is 4.79. The minimum Gasteiger partial charge on any atom is -0.364 e. The van der Waals surface area contributed by atoms with Gasteiger partial charge in [-0.25, -0.2) is 0 Å². The van der Waals surface area contributed by atoms with Gasteiger partial charge in [-0.3, -0.25) is 4.90 Å². The SMILES string of the molecule is CC1CN(Cc2ccccc2)CC1Nc1ccc2nnc(C(F)(F)F)n2n1. The predicted octanol–water partition coefficient (Wildman–Crippen LogP) is 3.08. The molecule has 1 aliphatic rings. The van der Waals surface area contributed by atoms with Crippen LogP contribution in [0.1, 0.15) is 18.3 Å². The lowest BCUT2D eigenvalue weighted by Gasteiger charge is -2.18. The fourth-order valence-corrected chi connectivity index (χ4v) is 3.46. The van der Waals surface area contributed by atoms with Gasteiger partial charge < -0.3 is 5.32 Å². The second kappa shape index (κ2) is 6.80. The number of nitrogens with zero attached hydrogens (tertiary/aromatic N) is 5. The van der Waals surface area contributed by atoms with Gasteiger partial charge in [-0.1, -0.05) is 37.3 Å². The number of rotatable bonds is 4. The maximum atomic E-state index is 13.0. The quantitative estimate of drug-likeness (QED) is 0.758. The Morgan fingerprint density at radius 1 is 1.07 bits per heavy atom. The summed E-state index contributed by atoms with van der Waals surface area (Å²) in [6.45, 7) is 4.68. The fourth-order valence-electron chi connectivity index (χ4n) is 3.46. The van der Waals surface area contributed by atoms with Crippen molar-refractivity contribution in [2.45, 2.75) is 25.7 Å². The minimum absolute atomic E-state index is 0.0676. The summed E-state index contributed by atoms with van der Waals surface area (Å²) >= 11 is 0. The molecular weight excluding hydrogens is 357 g/mol. The monoisotopic (exact) mass is 376 g/mol. The molecule has 1 aliphatic heterocycles. The summed E-state index contributed by atoms with van der Waals surface area (Å²) in [5, 5.41) is 14.1. The van der Waals surface area contributed by atoms with Crippen LogP contribution in [0.25, 0.3) is 5.65 Å². The van der Waals surface area contributed by atoms with E-state index in [1.807, 2.05) is 18.2 Å². The van der Waals surface area contributed by atoms with Gasteiger partial charge in [-0.2, -0.15) is 17.7 Å². The zero-order valence-corrected chi connectivity index (χ0v) is 14.7. The maximum absolute atomic E-state index is 13.0. The largest absolute Gasteiger partial charge is 0.453 e. The molecule has 27 heavy (non-hydrogen) atoms. The second-order valence-electron chi connectivity index (χ2n) is 6.92. The number of fused-ring (bicyclic) bond motifs is 1. The van der Waals surface area contributed by atoms with Gasteiger partial charge in [0.1, 0.15) is 5.82 Å². The van der Waals surface area contributed by atoms with E-state index in [1.165, 1.54) is 11.6 Å². The standard InChI is InChI=1S/C18H19F3N6/c1-12-9-26(10-13-5-3-2-4-6-13)11-14(12)22-15-7-8-16-23-24-17(18(19,20)21)27(16)25-15/h2-8,12,14H,9-11H2,1H3,(H,22,25). The van der Waals surface area contributed by atoms with E-state index in [0.29, 0.717) is 11.7 Å². The molecule has 4 rings (SSSR count). The fraction of sp³-hybridized carbons (Fsp3) is 0.389. The van der Waals surface area contributed by atoms with Crippen LogP contribution in [-0.2, 0) is 12.7 Å². The number of anilines is 1. The van der Waals surface area contributed by atoms with Crippen molar-refractivity contribution in [3.8, 4) is 0 Å². The first-order valence-electron chi connectivity index (χ1n) is 8.72. The van der Waals surface area contributed by atoms with Crippen molar-refractivity contribution in [1.82, 2.24) is 24.7 Å². The van der Waals surface area contributed by atoms with E-state index in [2.05, 4.69) is 44.6 Å². The average molecular weight is 376 g/mol. The summed E-state index contributed by atoms with van der Waals surface area (Å²) < 4.78 is 39.8. The lowest BCUT2D eigenvalue weighted by atomic mass is 10.1. The molecule has 0 amide bonds. The van der Waals surface area contributed by atoms with Gasteiger partial charge >= 0.3 is 6.18 Å². The van der Waals surface area contributed by atoms with Gasteiger partial charge in [0.25, 0.3) is 5.82 Å². The van der Waals surface area contributed by atoms with Crippen LogP contribution in [0.4, 0.5) is 19.0 Å². The highest BCUT2D eigenvalue weighted by molar-refractivity contribution is 5.45. The van der Waals surface area contributed by atoms with Gasteiger partial charge in [0.05, 0.1) is 0 Å². The number of likely N-dealkylation sites (tertiary alicyclic amines) is 1. The van der Waals surface area contributed by atoms with E-state index in [9.17, 15) is 13.2 Å². The lowest BCUT2D eigenvalue weighted by molar-refractivity contribution is -0.146. The van der Waals surface area contributed by atoms with Crippen molar-refractivity contribution in [1.29, 1.82) is 0 Å². The molecule has 1 fully saturated rings. The number of alkyl halides is 3. The molecule has 3 heterocycles. The summed E-state index contributed by atoms with van der Waals surface area (Å²) in [4.78, 5) is 2.33. The summed E-state index contributed by atoms with van der Waals surface area (Å²) in [6.07, 6.45) is -4.60. The average Bonchev–Trinajstić information content (AvgIpc) is 3.19. The molecule has 0 bridgehead atoms. The first kappa shape index (κ1) is 17.7.